The first kappa shape index (κ1) is 31.5. The van der Waals surface area contributed by atoms with Crippen molar-refractivity contribution in [1.29, 1.82) is 0 Å². The number of carbonyl (C=O) groups is 1. The van der Waals surface area contributed by atoms with Crippen LogP contribution in [0.2, 0.25) is 0 Å². The number of benzene rings is 2. The zero-order valence-electron chi connectivity index (χ0n) is 28.0. The number of amides is 1. The number of fused-ring (bicyclic) bond motifs is 2. The summed E-state index contributed by atoms with van der Waals surface area (Å²) in [5.74, 6) is 2.60. The Bertz CT molecular complexity index is 1980. The van der Waals surface area contributed by atoms with Crippen molar-refractivity contribution < 1.29 is 9.53 Å². The van der Waals surface area contributed by atoms with Gasteiger partial charge in [-0.1, -0.05) is 53.4 Å². The zero-order chi connectivity index (χ0) is 33.6. The minimum absolute atomic E-state index is 0.0436. The Morgan fingerprint density at radius 3 is 2.65 bits per heavy atom. The van der Waals surface area contributed by atoms with Gasteiger partial charge >= 0.3 is 6.01 Å². The third kappa shape index (κ3) is 6.16. The molecule has 1 N–H and O–H groups in total. The van der Waals surface area contributed by atoms with Gasteiger partial charge in [-0.25, -0.2) is 9.67 Å². The molecular formula is C36H40N10O2S. The van der Waals surface area contributed by atoms with Crippen LogP contribution < -0.4 is 15.0 Å². The fourth-order valence-electron chi connectivity index (χ4n) is 7.55. The standard InChI is InChI=1S/C36H40N10O2S/c1-24-9-12-27(44(2)30-13-18-37-33(38-30)48-3)19-28(24)29-21-46(43-40-29)36-16-14-35(23-36,15-17-36)39-31(47)22-49-34-42-41-32(26-10-11-26)45(34)20-25-7-5-4-6-8-25/h4-9,12-13,18-19,21,26H,10-11,14-17,20,22-23H2,1-3H3,(H,39,47). The van der Waals surface area contributed by atoms with Gasteiger partial charge in [0.05, 0.1) is 31.1 Å². The Labute approximate surface area is 289 Å². The molecule has 0 unspecified atom stereocenters. The summed E-state index contributed by atoms with van der Waals surface area (Å²) in [4.78, 5) is 24.0. The van der Waals surface area contributed by atoms with Crippen molar-refractivity contribution in [3.63, 3.8) is 0 Å². The van der Waals surface area contributed by atoms with Gasteiger partial charge in [0.15, 0.2) is 5.16 Å². The van der Waals surface area contributed by atoms with E-state index in [1.807, 2.05) is 24.1 Å². The third-order valence-corrected chi connectivity index (χ3v) is 11.4. The third-order valence-electron chi connectivity index (χ3n) is 10.4. The molecule has 0 saturated heterocycles. The van der Waals surface area contributed by atoms with Crippen molar-refractivity contribution in [1.82, 2.24) is 45.0 Å². The van der Waals surface area contributed by atoms with E-state index >= 15 is 0 Å². The number of thioether (sulfide) groups is 1. The summed E-state index contributed by atoms with van der Waals surface area (Å²) < 4.78 is 9.48. The number of carbonyl (C=O) groups excluding carboxylic acids is 1. The second-order valence-corrected chi connectivity index (χ2v) is 14.7. The number of ether oxygens (including phenoxy) is 1. The van der Waals surface area contributed by atoms with Crippen LogP contribution in [0.1, 0.15) is 67.8 Å². The maximum absolute atomic E-state index is 13.4. The molecule has 0 radical (unpaired) electrons. The summed E-state index contributed by atoms with van der Waals surface area (Å²) in [6, 6.07) is 18.8. The molecule has 3 aliphatic carbocycles. The van der Waals surface area contributed by atoms with Crippen LogP contribution >= 0.6 is 11.8 Å². The Morgan fingerprint density at radius 2 is 1.88 bits per heavy atom. The lowest BCUT2D eigenvalue weighted by Gasteiger charge is -2.28. The number of hydrogen-bond acceptors (Lipinski definition) is 10. The van der Waals surface area contributed by atoms with E-state index in [1.165, 1.54) is 17.3 Å². The van der Waals surface area contributed by atoms with Gasteiger partial charge in [-0.2, -0.15) is 4.98 Å². The lowest BCUT2D eigenvalue weighted by molar-refractivity contribution is -0.120. The molecule has 3 fully saturated rings. The van der Waals surface area contributed by atoms with Crippen molar-refractivity contribution in [3.8, 4) is 17.3 Å². The molecule has 3 aliphatic rings. The van der Waals surface area contributed by atoms with Gasteiger partial charge in [-0.15, -0.1) is 15.3 Å². The Hall–Kier alpha value is -4.78. The molecule has 3 aromatic heterocycles. The minimum Gasteiger partial charge on any atom is -0.467 e. The summed E-state index contributed by atoms with van der Waals surface area (Å²) in [5, 5.41) is 22.6. The molecule has 2 aromatic carbocycles. The molecule has 252 valence electrons. The van der Waals surface area contributed by atoms with Crippen LogP contribution in [0.4, 0.5) is 11.5 Å². The SMILES string of the molecule is COc1nccc(N(C)c2ccc(C)c(-c3cn(C45CCC(NC(=O)CSc6nnc(C7CC7)n6Cc6ccccc6)(CC4)C5)nn3)c2)n1. The van der Waals surface area contributed by atoms with E-state index in [1.54, 1.807) is 13.3 Å². The lowest BCUT2D eigenvalue weighted by Crippen LogP contribution is -2.45. The fourth-order valence-corrected chi connectivity index (χ4v) is 8.29. The van der Waals surface area contributed by atoms with Crippen LogP contribution in [-0.2, 0) is 16.9 Å². The average Bonchev–Trinajstić information content (AvgIpc) is 3.43. The van der Waals surface area contributed by atoms with Crippen molar-refractivity contribution in [3.05, 3.63) is 83.9 Å². The van der Waals surface area contributed by atoms with E-state index < -0.39 is 0 Å². The average molecular weight is 677 g/mol. The van der Waals surface area contributed by atoms with Gasteiger partial charge in [0.25, 0.3) is 0 Å². The van der Waals surface area contributed by atoms with Crippen molar-refractivity contribution >= 4 is 29.2 Å². The molecule has 2 bridgehead atoms. The molecule has 0 atom stereocenters. The highest BCUT2D eigenvalue weighted by molar-refractivity contribution is 7.99. The molecule has 8 rings (SSSR count). The van der Waals surface area contributed by atoms with Crippen LogP contribution in [0.5, 0.6) is 6.01 Å². The summed E-state index contributed by atoms with van der Waals surface area (Å²) >= 11 is 1.48. The second kappa shape index (κ2) is 12.6. The minimum atomic E-state index is -0.224. The monoisotopic (exact) mass is 676 g/mol. The smallest absolute Gasteiger partial charge is 0.318 e. The molecule has 1 amide bonds. The number of aromatic nitrogens is 8. The van der Waals surface area contributed by atoms with E-state index in [4.69, 9.17) is 4.74 Å². The summed E-state index contributed by atoms with van der Waals surface area (Å²) in [5.41, 5.74) is 4.76. The Kier molecular flexibility index (Phi) is 8.09. The van der Waals surface area contributed by atoms with Crippen LogP contribution in [0.25, 0.3) is 11.3 Å². The number of anilines is 2. The fraction of sp³-hybridized carbons (Fsp3) is 0.417. The number of nitrogens with one attached hydrogen (secondary N) is 1. The van der Waals surface area contributed by atoms with Crippen molar-refractivity contribution in [2.45, 2.75) is 80.6 Å². The second-order valence-electron chi connectivity index (χ2n) is 13.7. The van der Waals surface area contributed by atoms with Crippen molar-refractivity contribution in [2.24, 2.45) is 0 Å². The highest BCUT2D eigenvalue weighted by Gasteiger charge is 2.56. The molecule has 3 heterocycles. The highest BCUT2D eigenvalue weighted by Crippen LogP contribution is 2.55. The van der Waals surface area contributed by atoms with E-state index in [9.17, 15) is 4.79 Å². The Morgan fingerprint density at radius 1 is 1.06 bits per heavy atom. The summed E-state index contributed by atoms with van der Waals surface area (Å²) in [6.07, 6.45) is 10.7. The molecule has 0 spiro atoms. The number of hydrogen-bond donors (Lipinski definition) is 1. The molecule has 0 aliphatic heterocycles. The van der Waals surface area contributed by atoms with Gasteiger partial charge in [0.2, 0.25) is 5.91 Å². The number of aryl methyl sites for hydroxylation is 1. The van der Waals surface area contributed by atoms with E-state index in [0.29, 0.717) is 24.2 Å². The van der Waals surface area contributed by atoms with Crippen molar-refractivity contribution in [2.75, 3.05) is 24.8 Å². The molecular weight excluding hydrogens is 637 g/mol. The quantitative estimate of drug-likeness (QED) is 0.165. The molecule has 5 aromatic rings. The maximum Gasteiger partial charge on any atom is 0.318 e. The van der Waals surface area contributed by atoms with Gasteiger partial charge < -0.3 is 19.5 Å². The topological polar surface area (TPSA) is 129 Å². The number of methoxy groups -OCH3 is 1. The predicted octanol–water partition coefficient (Wildman–Crippen LogP) is 5.66. The highest BCUT2D eigenvalue weighted by atomic mass is 32.2. The molecule has 3 saturated carbocycles. The molecule has 49 heavy (non-hydrogen) atoms. The maximum atomic E-state index is 13.4. The number of rotatable bonds is 12. The van der Waals surface area contributed by atoms with Gasteiger partial charge in [-0.05, 0) is 81.2 Å². The zero-order valence-corrected chi connectivity index (χ0v) is 28.9. The van der Waals surface area contributed by atoms with E-state index in [0.717, 1.165) is 84.3 Å². The van der Waals surface area contributed by atoms with Gasteiger partial charge in [0, 0.05) is 36.0 Å². The lowest BCUT2D eigenvalue weighted by atomic mass is 9.91. The first-order valence-electron chi connectivity index (χ1n) is 16.9. The van der Waals surface area contributed by atoms with Crippen LogP contribution in [0, 0.1) is 6.92 Å². The Balaban J connectivity index is 0.936. The molecule has 12 nitrogen and oxygen atoms in total. The first-order chi connectivity index (χ1) is 23.8. The normalized spacial score (nSPS) is 21.2. The number of nitrogens with zero attached hydrogens (tertiary/aromatic N) is 9. The summed E-state index contributed by atoms with van der Waals surface area (Å²) in [7, 11) is 3.53. The summed E-state index contributed by atoms with van der Waals surface area (Å²) in [6.45, 7) is 2.80. The van der Waals surface area contributed by atoms with Gasteiger partial charge in [-0.3, -0.25) is 4.79 Å². The predicted molar refractivity (Wildman–Crippen MR) is 187 cm³/mol. The van der Waals surface area contributed by atoms with Gasteiger partial charge in [0.1, 0.15) is 17.3 Å². The van der Waals surface area contributed by atoms with Crippen LogP contribution in [0.15, 0.2) is 72.1 Å². The van der Waals surface area contributed by atoms with E-state index in [2.05, 4.69) is 101 Å². The van der Waals surface area contributed by atoms with E-state index in [-0.39, 0.29) is 17.0 Å². The van der Waals surface area contributed by atoms with Crippen LogP contribution in [-0.4, -0.2) is 71.1 Å². The largest absolute Gasteiger partial charge is 0.467 e. The van der Waals surface area contributed by atoms with Crippen LogP contribution in [0.3, 0.4) is 0 Å². The first-order valence-corrected chi connectivity index (χ1v) is 17.9. The molecule has 13 heteroatoms.